The molecule has 0 amide bonds. The van der Waals surface area contributed by atoms with Gasteiger partial charge in [0, 0.05) is 6.54 Å². The molecule has 1 heterocycles. The van der Waals surface area contributed by atoms with Gasteiger partial charge in [0.1, 0.15) is 4.90 Å². The Morgan fingerprint density at radius 2 is 1.81 bits per heavy atom. The highest BCUT2D eigenvalue weighted by Crippen LogP contribution is 2.18. The third kappa shape index (κ3) is 4.24. The van der Waals surface area contributed by atoms with Crippen LogP contribution < -0.4 is 10.5 Å². The third-order valence-electron chi connectivity index (χ3n) is 3.20. The van der Waals surface area contributed by atoms with Gasteiger partial charge in [-0.3, -0.25) is 0 Å². The van der Waals surface area contributed by atoms with Gasteiger partial charge >= 0.3 is 0 Å². The lowest BCUT2D eigenvalue weighted by atomic mass is 9.98. The van der Waals surface area contributed by atoms with Crippen LogP contribution in [0.3, 0.4) is 0 Å². The highest BCUT2D eigenvalue weighted by Gasteiger charge is 2.15. The molecule has 0 radical (unpaired) electrons. The molecule has 6 nitrogen and oxygen atoms in total. The number of aromatic nitrogens is 2. The van der Waals surface area contributed by atoms with Crippen molar-refractivity contribution in [3.8, 4) is 0 Å². The Bertz CT molecular complexity index is 672. The zero-order chi connectivity index (χ0) is 15.3. The van der Waals surface area contributed by atoms with Crippen LogP contribution in [-0.4, -0.2) is 24.9 Å². The number of nitrogens with one attached hydrogen (secondary N) is 1. The Labute approximate surface area is 124 Å². The molecule has 1 aromatic heterocycles. The standard InChI is InChI=1S/C14H18N4O2S/c1-11(12-5-3-2-4-6-12)7-8-18-21(19,20)13-9-16-14(15)17-10-13/h2-6,9-11,18H,7-8H2,1H3,(H2,15,16,17). The average Bonchev–Trinajstić information content (AvgIpc) is 2.48. The van der Waals surface area contributed by atoms with Crippen molar-refractivity contribution in [3.05, 3.63) is 48.3 Å². The number of benzene rings is 1. The summed E-state index contributed by atoms with van der Waals surface area (Å²) in [7, 11) is -3.59. The molecule has 0 aliphatic rings. The summed E-state index contributed by atoms with van der Waals surface area (Å²) in [6.07, 6.45) is 3.11. The fraction of sp³-hybridized carbons (Fsp3) is 0.286. The second kappa shape index (κ2) is 6.64. The maximum absolute atomic E-state index is 12.0. The second-order valence-electron chi connectivity index (χ2n) is 4.78. The molecule has 2 rings (SSSR count). The maximum atomic E-state index is 12.0. The van der Waals surface area contributed by atoms with E-state index in [-0.39, 0.29) is 16.8 Å². The van der Waals surface area contributed by atoms with Crippen LogP contribution in [0.5, 0.6) is 0 Å². The van der Waals surface area contributed by atoms with Gasteiger partial charge in [0.05, 0.1) is 12.4 Å². The zero-order valence-electron chi connectivity index (χ0n) is 11.7. The van der Waals surface area contributed by atoms with E-state index in [1.54, 1.807) is 0 Å². The number of nitrogen functional groups attached to an aromatic ring is 1. The first-order chi connectivity index (χ1) is 9.99. The SMILES string of the molecule is CC(CCNS(=O)(=O)c1cnc(N)nc1)c1ccccc1. The van der Waals surface area contributed by atoms with Crippen molar-refractivity contribution < 1.29 is 8.42 Å². The third-order valence-corrected chi connectivity index (χ3v) is 4.61. The largest absolute Gasteiger partial charge is 0.368 e. The minimum Gasteiger partial charge on any atom is -0.368 e. The van der Waals surface area contributed by atoms with Gasteiger partial charge in [-0.25, -0.2) is 23.1 Å². The van der Waals surface area contributed by atoms with Crippen LogP contribution in [0.2, 0.25) is 0 Å². The normalized spacial score (nSPS) is 13.0. The number of rotatable bonds is 6. The molecule has 2 aromatic rings. The quantitative estimate of drug-likeness (QED) is 0.843. The molecule has 1 atom stereocenters. The van der Waals surface area contributed by atoms with E-state index < -0.39 is 10.0 Å². The van der Waals surface area contributed by atoms with Crippen LogP contribution >= 0.6 is 0 Å². The predicted molar refractivity (Wildman–Crippen MR) is 81.1 cm³/mol. The molecule has 21 heavy (non-hydrogen) atoms. The molecule has 0 bridgehead atoms. The summed E-state index contributed by atoms with van der Waals surface area (Å²) >= 11 is 0. The summed E-state index contributed by atoms with van der Waals surface area (Å²) in [5, 5.41) is 0. The van der Waals surface area contributed by atoms with E-state index in [0.29, 0.717) is 13.0 Å². The van der Waals surface area contributed by atoms with E-state index in [2.05, 4.69) is 21.6 Å². The molecule has 0 fully saturated rings. The highest BCUT2D eigenvalue weighted by atomic mass is 32.2. The van der Waals surface area contributed by atoms with Gasteiger partial charge in [-0.05, 0) is 17.9 Å². The van der Waals surface area contributed by atoms with E-state index in [0.717, 1.165) is 0 Å². The predicted octanol–water partition coefficient (Wildman–Crippen LogP) is 1.53. The lowest BCUT2D eigenvalue weighted by molar-refractivity contribution is 0.572. The Kier molecular flexibility index (Phi) is 4.87. The molecule has 0 spiro atoms. The molecule has 1 unspecified atom stereocenters. The topological polar surface area (TPSA) is 98.0 Å². The first kappa shape index (κ1) is 15.4. The summed E-state index contributed by atoms with van der Waals surface area (Å²) in [5.41, 5.74) is 6.52. The first-order valence-electron chi connectivity index (χ1n) is 6.61. The molecule has 0 aliphatic carbocycles. The molecule has 0 saturated carbocycles. The number of nitrogens with zero attached hydrogens (tertiary/aromatic N) is 2. The summed E-state index contributed by atoms with van der Waals surface area (Å²) in [6, 6.07) is 9.98. The zero-order valence-corrected chi connectivity index (χ0v) is 12.5. The van der Waals surface area contributed by atoms with Crippen LogP contribution in [0, 0.1) is 0 Å². The Balaban J connectivity index is 1.92. The first-order valence-corrected chi connectivity index (χ1v) is 8.09. The van der Waals surface area contributed by atoms with Crippen LogP contribution in [0.25, 0.3) is 0 Å². The summed E-state index contributed by atoms with van der Waals surface area (Å²) in [5.74, 6) is 0.322. The van der Waals surface area contributed by atoms with Gasteiger partial charge < -0.3 is 5.73 Å². The fourth-order valence-corrected chi connectivity index (χ4v) is 2.84. The molecule has 0 saturated heterocycles. The van der Waals surface area contributed by atoms with Crippen molar-refractivity contribution in [2.45, 2.75) is 24.2 Å². The molecule has 112 valence electrons. The minimum absolute atomic E-state index is 0.0177. The van der Waals surface area contributed by atoms with E-state index >= 15 is 0 Å². The average molecular weight is 306 g/mol. The second-order valence-corrected chi connectivity index (χ2v) is 6.54. The Hall–Kier alpha value is -1.99. The van der Waals surface area contributed by atoms with Crippen molar-refractivity contribution >= 4 is 16.0 Å². The van der Waals surface area contributed by atoms with Gasteiger partial charge in [0.25, 0.3) is 0 Å². The molecular weight excluding hydrogens is 288 g/mol. The van der Waals surface area contributed by atoms with Gasteiger partial charge in [-0.2, -0.15) is 0 Å². The number of hydrogen-bond acceptors (Lipinski definition) is 5. The summed E-state index contributed by atoms with van der Waals surface area (Å²) < 4.78 is 26.6. The van der Waals surface area contributed by atoms with Gasteiger partial charge in [0.15, 0.2) is 0 Å². The van der Waals surface area contributed by atoms with Crippen LogP contribution in [0.4, 0.5) is 5.95 Å². The van der Waals surface area contributed by atoms with E-state index in [4.69, 9.17) is 5.73 Å². The van der Waals surface area contributed by atoms with Crippen molar-refractivity contribution in [3.63, 3.8) is 0 Å². The lowest BCUT2D eigenvalue weighted by Gasteiger charge is -2.12. The van der Waals surface area contributed by atoms with E-state index in [1.165, 1.54) is 18.0 Å². The van der Waals surface area contributed by atoms with Crippen LogP contribution in [0.1, 0.15) is 24.8 Å². The molecule has 0 aliphatic heterocycles. The van der Waals surface area contributed by atoms with Crippen molar-refractivity contribution in [1.82, 2.24) is 14.7 Å². The van der Waals surface area contributed by atoms with Crippen molar-refractivity contribution in [1.29, 1.82) is 0 Å². The number of anilines is 1. The van der Waals surface area contributed by atoms with E-state index in [9.17, 15) is 8.42 Å². The van der Waals surface area contributed by atoms with Crippen LogP contribution in [0.15, 0.2) is 47.6 Å². The molecule has 3 N–H and O–H groups in total. The van der Waals surface area contributed by atoms with E-state index in [1.807, 2.05) is 30.3 Å². The Morgan fingerprint density at radius 3 is 2.43 bits per heavy atom. The summed E-state index contributed by atoms with van der Waals surface area (Å²) in [6.45, 7) is 2.42. The number of nitrogens with two attached hydrogens (primary N) is 1. The highest BCUT2D eigenvalue weighted by molar-refractivity contribution is 7.89. The smallest absolute Gasteiger partial charge is 0.243 e. The van der Waals surface area contributed by atoms with Crippen LogP contribution in [-0.2, 0) is 10.0 Å². The molecular formula is C14H18N4O2S. The van der Waals surface area contributed by atoms with Gasteiger partial charge in [0.2, 0.25) is 16.0 Å². The maximum Gasteiger partial charge on any atom is 0.243 e. The summed E-state index contributed by atoms with van der Waals surface area (Å²) in [4.78, 5) is 7.39. The minimum atomic E-state index is -3.59. The fourth-order valence-electron chi connectivity index (χ4n) is 1.91. The monoisotopic (exact) mass is 306 g/mol. The Morgan fingerprint density at radius 1 is 1.19 bits per heavy atom. The lowest BCUT2D eigenvalue weighted by Crippen LogP contribution is -2.26. The van der Waals surface area contributed by atoms with Crippen molar-refractivity contribution in [2.24, 2.45) is 0 Å². The number of hydrogen-bond donors (Lipinski definition) is 2. The van der Waals surface area contributed by atoms with Crippen molar-refractivity contribution in [2.75, 3.05) is 12.3 Å². The van der Waals surface area contributed by atoms with Gasteiger partial charge in [-0.1, -0.05) is 37.3 Å². The van der Waals surface area contributed by atoms with Gasteiger partial charge in [-0.15, -0.1) is 0 Å². The molecule has 7 heteroatoms. The number of sulfonamides is 1. The molecule has 1 aromatic carbocycles.